The molecule has 3 aromatic rings. The van der Waals surface area contributed by atoms with Gasteiger partial charge in [-0.1, -0.05) is 25.1 Å². The van der Waals surface area contributed by atoms with Gasteiger partial charge < -0.3 is 20.2 Å². The van der Waals surface area contributed by atoms with Gasteiger partial charge in [0.2, 0.25) is 0 Å². The number of ether oxygens (including phenoxy) is 1. The Morgan fingerprint density at radius 1 is 1.30 bits per heavy atom. The number of hydrogen-bond donors (Lipinski definition) is 2. The average Bonchev–Trinajstić information content (AvgIpc) is 2.96. The number of carbonyl (C=O) groups excluding carboxylic acids is 1. The summed E-state index contributed by atoms with van der Waals surface area (Å²) in [5.41, 5.74) is 8.75. The van der Waals surface area contributed by atoms with Crippen molar-refractivity contribution in [1.29, 1.82) is 0 Å². The Balaban J connectivity index is 1.86. The molecule has 0 spiro atoms. The van der Waals surface area contributed by atoms with Crippen LogP contribution in [-0.4, -0.2) is 11.0 Å². The second-order valence-electron chi connectivity index (χ2n) is 4.96. The molecule has 0 radical (unpaired) electrons. The smallest absolute Gasteiger partial charge is 0.310 e. The van der Waals surface area contributed by atoms with E-state index in [1.54, 1.807) is 25.1 Å². The van der Waals surface area contributed by atoms with Crippen LogP contribution < -0.4 is 15.8 Å². The molecule has 118 valence electrons. The van der Waals surface area contributed by atoms with E-state index in [-0.39, 0.29) is 5.97 Å². The summed E-state index contributed by atoms with van der Waals surface area (Å²) in [5, 5.41) is 3.12. The summed E-state index contributed by atoms with van der Waals surface area (Å²) in [7, 11) is 0. The van der Waals surface area contributed by atoms with Crippen molar-refractivity contribution in [3.05, 3.63) is 48.0 Å². The van der Waals surface area contributed by atoms with Gasteiger partial charge in [0.1, 0.15) is 11.3 Å². The molecule has 2 aromatic carbocycles. The Hall–Kier alpha value is -2.86. The molecule has 0 amide bonds. The number of para-hydroxylation sites is 1. The highest BCUT2D eigenvalue weighted by atomic mass is 16.5. The van der Waals surface area contributed by atoms with Gasteiger partial charge >= 0.3 is 5.97 Å². The van der Waals surface area contributed by atoms with Crippen LogP contribution in [0.1, 0.15) is 18.9 Å². The number of nitrogens with one attached hydrogen (secondary N) is 1. The maximum absolute atomic E-state index is 11.3. The first-order valence-electron chi connectivity index (χ1n) is 7.36. The van der Waals surface area contributed by atoms with E-state index in [9.17, 15) is 4.79 Å². The van der Waals surface area contributed by atoms with Gasteiger partial charge in [0.15, 0.2) is 5.58 Å². The zero-order chi connectivity index (χ0) is 16.2. The van der Waals surface area contributed by atoms with Gasteiger partial charge in [-0.3, -0.25) is 4.79 Å². The molecule has 0 aliphatic rings. The van der Waals surface area contributed by atoms with Crippen molar-refractivity contribution in [3.8, 4) is 5.75 Å². The Bertz CT molecular complexity index is 842. The number of benzene rings is 2. The molecule has 3 N–H and O–H groups in total. The number of esters is 1. The predicted molar refractivity (Wildman–Crippen MR) is 87.6 cm³/mol. The number of aromatic nitrogens is 1. The fourth-order valence-electron chi connectivity index (χ4n) is 2.16. The summed E-state index contributed by atoms with van der Waals surface area (Å²) in [6.07, 6.45) is 0.317. The standard InChI is InChI=1S/C17H17N3O3/c1-2-16(21)22-12-7-8-14-15(9-12)23-17(20-14)19-13-6-4-3-5-11(13)10-18/h3-9H,2,10,18H2,1H3,(H,19,20). The number of anilines is 2. The lowest BCUT2D eigenvalue weighted by molar-refractivity contribution is -0.134. The Morgan fingerprint density at radius 3 is 2.91 bits per heavy atom. The van der Waals surface area contributed by atoms with Crippen LogP contribution in [-0.2, 0) is 11.3 Å². The lowest BCUT2D eigenvalue weighted by Gasteiger charge is -2.06. The number of fused-ring (bicyclic) bond motifs is 1. The van der Waals surface area contributed by atoms with Gasteiger partial charge in [-0.25, -0.2) is 0 Å². The van der Waals surface area contributed by atoms with Crippen molar-refractivity contribution < 1.29 is 13.9 Å². The number of hydrogen-bond acceptors (Lipinski definition) is 6. The van der Waals surface area contributed by atoms with Crippen LogP contribution in [0.4, 0.5) is 11.7 Å². The second kappa shape index (κ2) is 6.50. The van der Waals surface area contributed by atoms with Gasteiger partial charge in [0.25, 0.3) is 6.01 Å². The molecule has 0 saturated carbocycles. The molecular weight excluding hydrogens is 294 g/mol. The summed E-state index contributed by atoms with van der Waals surface area (Å²) in [5.74, 6) is 0.147. The van der Waals surface area contributed by atoms with E-state index in [2.05, 4.69) is 10.3 Å². The lowest BCUT2D eigenvalue weighted by atomic mass is 10.2. The van der Waals surface area contributed by atoms with E-state index < -0.39 is 0 Å². The molecule has 3 rings (SSSR count). The fourth-order valence-corrected chi connectivity index (χ4v) is 2.16. The molecule has 6 nitrogen and oxygen atoms in total. The molecule has 0 aliphatic carbocycles. The molecule has 1 aromatic heterocycles. The molecule has 0 fully saturated rings. The first kappa shape index (κ1) is 15.1. The number of rotatable bonds is 5. The second-order valence-corrected chi connectivity index (χ2v) is 4.96. The minimum atomic E-state index is -0.293. The molecule has 0 bridgehead atoms. The van der Waals surface area contributed by atoms with Crippen LogP contribution in [0, 0.1) is 0 Å². The van der Waals surface area contributed by atoms with E-state index in [1.807, 2.05) is 24.3 Å². The first-order chi connectivity index (χ1) is 11.2. The van der Waals surface area contributed by atoms with Crippen molar-refractivity contribution in [2.45, 2.75) is 19.9 Å². The molecule has 23 heavy (non-hydrogen) atoms. The highest BCUT2D eigenvalue weighted by Gasteiger charge is 2.10. The van der Waals surface area contributed by atoms with Crippen molar-refractivity contribution in [2.24, 2.45) is 5.73 Å². The zero-order valence-electron chi connectivity index (χ0n) is 12.7. The third kappa shape index (κ3) is 3.32. The number of oxazole rings is 1. The van der Waals surface area contributed by atoms with E-state index in [4.69, 9.17) is 14.9 Å². The van der Waals surface area contributed by atoms with Crippen LogP contribution in [0.25, 0.3) is 11.1 Å². The summed E-state index contributed by atoms with van der Waals surface area (Å²) in [6.45, 7) is 2.16. The number of nitrogens with zero attached hydrogens (tertiary/aromatic N) is 1. The Labute approximate surface area is 133 Å². The number of carbonyl (C=O) groups is 1. The molecule has 6 heteroatoms. The van der Waals surface area contributed by atoms with Crippen LogP contribution in [0.3, 0.4) is 0 Å². The van der Waals surface area contributed by atoms with Gasteiger partial charge in [0.05, 0.1) is 0 Å². The molecule has 0 aliphatic heterocycles. The van der Waals surface area contributed by atoms with Crippen molar-refractivity contribution in [3.63, 3.8) is 0 Å². The van der Waals surface area contributed by atoms with Gasteiger partial charge in [0, 0.05) is 24.7 Å². The molecule has 0 atom stereocenters. The first-order valence-corrected chi connectivity index (χ1v) is 7.36. The summed E-state index contributed by atoms with van der Waals surface area (Å²) in [6, 6.07) is 13.1. The van der Waals surface area contributed by atoms with E-state index in [0.29, 0.717) is 35.8 Å². The minimum absolute atomic E-state index is 0.293. The third-order valence-electron chi connectivity index (χ3n) is 3.36. The maximum atomic E-state index is 11.3. The predicted octanol–water partition coefficient (Wildman–Crippen LogP) is 3.35. The summed E-state index contributed by atoms with van der Waals surface area (Å²) < 4.78 is 10.8. The molecule has 0 saturated heterocycles. The normalized spacial score (nSPS) is 10.7. The highest BCUT2D eigenvalue weighted by Crippen LogP contribution is 2.27. The highest BCUT2D eigenvalue weighted by molar-refractivity contribution is 5.79. The Kier molecular flexibility index (Phi) is 4.25. The number of nitrogens with two attached hydrogens (primary N) is 1. The van der Waals surface area contributed by atoms with Crippen LogP contribution in [0.2, 0.25) is 0 Å². The summed E-state index contributed by atoms with van der Waals surface area (Å²) >= 11 is 0. The topological polar surface area (TPSA) is 90.4 Å². The van der Waals surface area contributed by atoms with Crippen molar-refractivity contribution >= 4 is 28.8 Å². The Morgan fingerprint density at radius 2 is 2.13 bits per heavy atom. The van der Waals surface area contributed by atoms with Gasteiger partial charge in [-0.05, 0) is 23.8 Å². The quantitative estimate of drug-likeness (QED) is 0.555. The van der Waals surface area contributed by atoms with E-state index >= 15 is 0 Å². The van der Waals surface area contributed by atoms with Gasteiger partial charge in [-0.2, -0.15) is 4.98 Å². The third-order valence-corrected chi connectivity index (χ3v) is 3.36. The monoisotopic (exact) mass is 311 g/mol. The molecular formula is C17H17N3O3. The lowest BCUT2D eigenvalue weighted by Crippen LogP contribution is -2.05. The maximum Gasteiger partial charge on any atom is 0.310 e. The van der Waals surface area contributed by atoms with Crippen molar-refractivity contribution in [1.82, 2.24) is 4.98 Å². The van der Waals surface area contributed by atoms with Crippen LogP contribution in [0.15, 0.2) is 46.9 Å². The molecule has 0 unspecified atom stereocenters. The van der Waals surface area contributed by atoms with E-state index in [0.717, 1.165) is 11.3 Å². The minimum Gasteiger partial charge on any atom is -0.426 e. The van der Waals surface area contributed by atoms with Crippen molar-refractivity contribution in [2.75, 3.05) is 5.32 Å². The largest absolute Gasteiger partial charge is 0.426 e. The SMILES string of the molecule is CCC(=O)Oc1ccc2nc(Nc3ccccc3CN)oc2c1. The summed E-state index contributed by atoms with van der Waals surface area (Å²) in [4.78, 5) is 15.7. The molecule has 1 heterocycles. The average molecular weight is 311 g/mol. The van der Waals surface area contributed by atoms with Crippen LogP contribution in [0.5, 0.6) is 5.75 Å². The van der Waals surface area contributed by atoms with E-state index in [1.165, 1.54) is 0 Å². The van der Waals surface area contributed by atoms with Crippen LogP contribution >= 0.6 is 0 Å². The zero-order valence-corrected chi connectivity index (χ0v) is 12.7. The van der Waals surface area contributed by atoms with Gasteiger partial charge in [-0.15, -0.1) is 0 Å². The fraction of sp³-hybridized carbons (Fsp3) is 0.176.